The van der Waals surface area contributed by atoms with Crippen molar-refractivity contribution in [2.75, 3.05) is 27.2 Å². The summed E-state index contributed by atoms with van der Waals surface area (Å²) < 4.78 is 0. The highest BCUT2D eigenvalue weighted by molar-refractivity contribution is 5.83. The topological polar surface area (TPSA) is 119 Å². The Morgan fingerprint density at radius 2 is 1.94 bits per heavy atom. The molecule has 0 aliphatic heterocycles. The molecule has 104 valence electrons. The largest absolute Gasteiger partial charge is 0.480 e. The van der Waals surface area contributed by atoms with Crippen molar-refractivity contribution >= 4 is 17.9 Å². The van der Waals surface area contributed by atoms with Crippen molar-refractivity contribution in [3.63, 3.8) is 0 Å². The minimum Gasteiger partial charge on any atom is -0.480 e. The van der Waals surface area contributed by atoms with Gasteiger partial charge in [0.15, 0.2) is 0 Å². The van der Waals surface area contributed by atoms with Crippen molar-refractivity contribution < 1.29 is 24.6 Å². The molecule has 0 rings (SSSR count). The molecule has 0 aromatic rings. The predicted octanol–water partition coefficient (Wildman–Crippen LogP) is -1.40. The molecule has 0 aromatic carbocycles. The van der Waals surface area contributed by atoms with Crippen LogP contribution in [0.4, 0.5) is 4.79 Å². The zero-order valence-electron chi connectivity index (χ0n) is 10.5. The van der Waals surface area contributed by atoms with Gasteiger partial charge in [-0.3, -0.25) is 4.79 Å². The van der Waals surface area contributed by atoms with Crippen LogP contribution in [0.15, 0.2) is 0 Å². The van der Waals surface area contributed by atoms with Gasteiger partial charge >= 0.3 is 12.0 Å². The summed E-state index contributed by atoms with van der Waals surface area (Å²) in [6, 6.07) is -1.73. The Balaban J connectivity index is 4.20. The minimum atomic E-state index is -1.21. The van der Waals surface area contributed by atoms with Crippen LogP contribution in [0.5, 0.6) is 0 Å². The van der Waals surface area contributed by atoms with Gasteiger partial charge in [-0.2, -0.15) is 0 Å². The first-order chi connectivity index (χ1) is 8.42. The number of carbonyl (C=O) groups is 3. The zero-order valence-corrected chi connectivity index (χ0v) is 10.5. The molecule has 0 spiro atoms. The van der Waals surface area contributed by atoms with Crippen LogP contribution in [0.2, 0.25) is 0 Å². The van der Waals surface area contributed by atoms with Crippen molar-refractivity contribution in [3.8, 4) is 0 Å². The maximum absolute atomic E-state index is 11.6. The Morgan fingerprint density at radius 1 is 1.33 bits per heavy atom. The zero-order chi connectivity index (χ0) is 14.1. The summed E-state index contributed by atoms with van der Waals surface area (Å²) in [4.78, 5) is 34.5. The van der Waals surface area contributed by atoms with Gasteiger partial charge in [0.05, 0.1) is 0 Å². The van der Waals surface area contributed by atoms with Gasteiger partial charge < -0.3 is 25.7 Å². The molecule has 1 atom stereocenters. The summed E-state index contributed by atoms with van der Waals surface area (Å²) >= 11 is 0. The molecule has 0 heterocycles. The van der Waals surface area contributed by atoms with E-state index < -0.39 is 18.0 Å². The van der Waals surface area contributed by atoms with E-state index in [1.807, 2.05) is 0 Å². The molecule has 0 aliphatic carbocycles. The number of carboxylic acids is 1. The number of nitrogens with zero attached hydrogens (tertiary/aromatic N) is 1. The van der Waals surface area contributed by atoms with Gasteiger partial charge in [-0.15, -0.1) is 0 Å². The molecule has 0 aromatic heterocycles. The first kappa shape index (κ1) is 16.2. The van der Waals surface area contributed by atoms with E-state index in [0.29, 0.717) is 0 Å². The standard InChI is InChI=1S/C10H19N3O5/c1-11-8(15)3-5-13(2)10(18)12-7(4-6-14)9(16)17/h7,14H,3-6H2,1-2H3,(H,11,15)(H,12,18)(H,16,17). The molecule has 18 heavy (non-hydrogen) atoms. The van der Waals surface area contributed by atoms with Gasteiger partial charge in [0, 0.05) is 40.1 Å². The highest BCUT2D eigenvalue weighted by Crippen LogP contribution is 1.95. The van der Waals surface area contributed by atoms with Crippen LogP contribution in [0.25, 0.3) is 0 Å². The number of aliphatic carboxylic acids is 1. The summed E-state index contributed by atoms with van der Waals surface area (Å²) in [5.74, 6) is -1.42. The number of aliphatic hydroxyl groups excluding tert-OH is 1. The van der Waals surface area contributed by atoms with Crippen molar-refractivity contribution in [1.82, 2.24) is 15.5 Å². The second kappa shape index (κ2) is 8.29. The average Bonchev–Trinajstić information content (AvgIpc) is 2.34. The molecular formula is C10H19N3O5. The number of carbonyl (C=O) groups excluding carboxylic acids is 2. The van der Waals surface area contributed by atoms with Crippen molar-refractivity contribution in [1.29, 1.82) is 0 Å². The van der Waals surface area contributed by atoms with Gasteiger partial charge in [0.1, 0.15) is 6.04 Å². The fourth-order valence-electron chi connectivity index (χ4n) is 1.14. The lowest BCUT2D eigenvalue weighted by Crippen LogP contribution is -2.47. The number of nitrogens with one attached hydrogen (secondary N) is 2. The SMILES string of the molecule is CNC(=O)CCN(C)C(=O)NC(CCO)C(=O)O. The molecule has 0 saturated carbocycles. The fourth-order valence-corrected chi connectivity index (χ4v) is 1.14. The molecule has 3 amide bonds. The maximum atomic E-state index is 11.6. The van der Waals surface area contributed by atoms with E-state index in [2.05, 4.69) is 10.6 Å². The summed E-state index contributed by atoms with van der Waals surface area (Å²) in [7, 11) is 2.94. The van der Waals surface area contributed by atoms with Crippen LogP contribution in [0.1, 0.15) is 12.8 Å². The van der Waals surface area contributed by atoms with Crippen LogP contribution >= 0.6 is 0 Å². The molecule has 0 fully saturated rings. The number of hydrogen-bond donors (Lipinski definition) is 4. The molecule has 0 radical (unpaired) electrons. The quantitative estimate of drug-likeness (QED) is 0.449. The highest BCUT2D eigenvalue weighted by atomic mass is 16.4. The van der Waals surface area contributed by atoms with Gasteiger partial charge in [-0.25, -0.2) is 9.59 Å². The third-order valence-corrected chi connectivity index (χ3v) is 2.31. The van der Waals surface area contributed by atoms with E-state index in [-0.39, 0.29) is 31.9 Å². The summed E-state index contributed by atoms with van der Waals surface area (Å²) in [6.45, 7) is -0.157. The lowest BCUT2D eigenvalue weighted by atomic mass is 10.2. The predicted molar refractivity (Wildman–Crippen MR) is 63.0 cm³/mol. The number of aliphatic hydroxyl groups is 1. The van der Waals surface area contributed by atoms with E-state index in [1.54, 1.807) is 0 Å². The number of rotatable bonds is 7. The second-order valence-corrected chi connectivity index (χ2v) is 3.70. The van der Waals surface area contributed by atoms with Crippen molar-refractivity contribution in [2.24, 2.45) is 0 Å². The number of amides is 3. The molecule has 8 nitrogen and oxygen atoms in total. The molecular weight excluding hydrogens is 242 g/mol. The molecule has 8 heteroatoms. The lowest BCUT2D eigenvalue weighted by molar-refractivity contribution is -0.139. The first-order valence-corrected chi connectivity index (χ1v) is 5.48. The molecule has 0 saturated heterocycles. The van der Waals surface area contributed by atoms with E-state index in [0.717, 1.165) is 0 Å². The normalized spacial score (nSPS) is 11.5. The van der Waals surface area contributed by atoms with E-state index in [1.165, 1.54) is 19.0 Å². The van der Waals surface area contributed by atoms with Gasteiger partial charge in [0.2, 0.25) is 5.91 Å². The maximum Gasteiger partial charge on any atom is 0.326 e. The van der Waals surface area contributed by atoms with Crippen LogP contribution in [0, 0.1) is 0 Å². The number of hydrogen-bond acceptors (Lipinski definition) is 4. The van der Waals surface area contributed by atoms with E-state index in [4.69, 9.17) is 10.2 Å². The first-order valence-electron chi connectivity index (χ1n) is 5.48. The third-order valence-electron chi connectivity index (χ3n) is 2.31. The third kappa shape index (κ3) is 6.04. The van der Waals surface area contributed by atoms with Crippen LogP contribution in [-0.2, 0) is 9.59 Å². The highest BCUT2D eigenvalue weighted by Gasteiger charge is 2.21. The van der Waals surface area contributed by atoms with Crippen LogP contribution in [-0.4, -0.2) is 66.3 Å². The summed E-state index contributed by atoms with van der Waals surface area (Å²) in [5.41, 5.74) is 0. The van der Waals surface area contributed by atoms with Gasteiger partial charge in [-0.1, -0.05) is 0 Å². The van der Waals surface area contributed by atoms with Gasteiger partial charge in [0.25, 0.3) is 0 Å². The molecule has 0 aliphatic rings. The Labute approximate surface area is 105 Å². The van der Waals surface area contributed by atoms with E-state index >= 15 is 0 Å². The molecule has 0 bridgehead atoms. The van der Waals surface area contributed by atoms with E-state index in [9.17, 15) is 14.4 Å². The molecule has 1 unspecified atom stereocenters. The van der Waals surface area contributed by atoms with Gasteiger partial charge in [-0.05, 0) is 0 Å². The smallest absolute Gasteiger partial charge is 0.326 e. The Morgan fingerprint density at radius 3 is 2.39 bits per heavy atom. The fraction of sp³-hybridized carbons (Fsp3) is 0.700. The van der Waals surface area contributed by atoms with Crippen molar-refractivity contribution in [3.05, 3.63) is 0 Å². The number of carboxylic acid groups (broad SMARTS) is 1. The lowest BCUT2D eigenvalue weighted by Gasteiger charge is -2.20. The second-order valence-electron chi connectivity index (χ2n) is 3.70. The van der Waals surface area contributed by atoms with Crippen LogP contribution < -0.4 is 10.6 Å². The molecule has 4 N–H and O–H groups in total. The minimum absolute atomic E-state index is 0.0651. The number of urea groups is 1. The Hall–Kier alpha value is -1.83. The monoisotopic (exact) mass is 261 g/mol. The summed E-state index contributed by atoms with van der Waals surface area (Å²) in [6.07, 6.45) is 0.0719. The van der Waals surface area contributed by atoms with Crippen molar-refractivity contribution in [2.45, 2.75) is 18.9 Å². The average molecular weight is 261 g/mol. The summed E-state index contributed by atoms with van der Waals surface area (Å²) in [5, 5.41) is 22.1. The Kier molecular flexibility index (Phi) is 7.45. The Bertz CT molecular complexity index is 308. The van der Waals surface area contributed by atoms with Crippen LogP contribution in [0.3, 0.4) is 0 Å².